The molecule has 1 N–H and O–H groups in total. The zero-order valence-electron chi connectivity index (χ0n) is 9.25. The van der Waals surface area contributed by atoms with E-state index in [9.17, 15) is 0 Å². The van der Waals surface area contributed by atoms with Crippen LogP contribution in [0, 0.1) is 11.3 Å². The molecule has 0 aliphatic rings. The second-order valence-electron chi connectivity index (χ2n) is 3.12. The normalized spacial score (nSPS) is 9.88. The SMILES string of the molecule is CCCCNc1nc(SC)nc(Cl)c1C#N. The smallest absolute Gasteiger partial charge is 0.190 e. The maximum absolute atomic E-state index is 8.96. The molecule has 0 aromatic carbocycles. The van der Waals surface area contributed by atoms with Gasteiger partial charge in [0, 0.05) is 6.54 Å². The van der Waals surface area contributed by atoms with Crippen LogP contribution >= 0.6 is 23.4 Å². The number of anilines is 1. The van der Waals surface area contributed by atoms with E-state index in [1.165, 1.54) is 11.8 Å². The highest BCUT2D eigenvalue weighted by Crippen LogP contribution is 2.23. The van der Waals surface area contributed by atoms with Gasteiger partial charge in [0.1, 0.15) is 17.5 Å². The van der Waals surface area contributed by atoms with Crippen LogP contribution in [0.2, 0.25) is 5.15 Å². The largest absolute Gasteiger partial charge is 0.369 e. The number of nitrogens with one attached hydrogen (secondary N) is 1. The Balaban J connectivity index is 2.95. The summed E-state index contributed by atoms with van der Waals surface area (Å²) >= 11 is 7.30. The second-order valence-corrected chi connectivity index (χ2v) is 4.25. The highest BCUT2D eigenvalue weighted by Gasteiger charge is 2.11. The van der Waals surface area contributed by atoms with Crippen molar-refractivity contribution in [3.8, 4) is 6.07 Å². The van der Waals surface area contributed by atoms with Gasteiger partial charge < -0.3 is 5.32 Å². The summed E-state index contributed by atoms with van der Waals surface area (Å²) in [6.45, 7) is 2.89. The zero-order chi connectivity index (χ0) is 12.0. The number of hydrogen-bond donors (Lipinski definition) is 1. The molecule has 6 heteroatoms. The number of nitrogens with zero attached hydrogens (tertiary/aromatic N) is 3. The van der Waals surface area contributed by atoms with Gasteiger partial charge in [0.05, 0.1) is 0 Å². The third kappa shape index (κ3) is 3.26. The van der Waals surface area contributed by atoms with E-state index >= 15 is 0 Å². The fourth-order valence-electron chi connectivity index (χ4n) is 1.12. The van der Waals surface area contributed by atoms with E-state index in [4.69, 9.17) is 16.9 Å². The lowest BCUT2D eigenvalue weighted by Crippen LogP contribution is -2.07. The molecule has 0 aliphatic carbocycles. The summed E-state index contributed by atoms with van der Waals surface area (Å²) < 4.78 is 0. The first kappa shape index (κ1) is 13.1. The number of rotatable bonds is 5. The summed E-state index contributed by atoms with van der Waals surface area (Å²) in [4.78, 5) is 8.23. The Bertz CT molecular complexity index is 403. The molecule has 0 spiro atoms. The highest BCUT2D eigenvalue weighted by atomic mass is 35.5. The number of aromatic nitrogens is 2. The molecule has 0 saturated carbocycles. The van der Waals surface area contributed by atoms with Gasteiger partial charge in [-0.15, -0.1) is 0 Å². The van der Waals surface area contributed by atoms with Crippen LogP contribution in [0.3, 0.4) is 0 Å². The molecule has 1 aromatic rings. The number of hydrogen-bond acceptors (Lipinski definition) is 5. The second kappa shape index (κ2) is 6.56. The summed E-state index contributed by atoms with van der Waals surface area (Å²) in [7, 11) is 0. The molecule has 0 saturated heterocycles. The van der Waals surface area contributed by atoms with Crippen LogP contribution in [0.15, 0.2) is 5.16 Å². The first-order chi connectivity index (χ1) is 7.72. The van der Waals surface area contributed by atoms with E-state index in [1.54, 1.807) is 0 Å². The fourth-order valence-corrected chi connectivity index (χ4v) is 1.74. The fraction of sp³-hybridized carbons (Fsp3) is 0.500. The minimum Gasteiger partial charge on any atom is -0.369 e. The first-order valence-corrected chi connectivity index (χ1v) is 6.58. The van der Waals surface area contributed by atoms with Crippen molar-refractivity contribution in [3.05, 3.63) is 10.7 Å². The quantitative estimate of drug-likeness (QED) is 0.380. The predicted octanol–water partition coefficient (Wildman–Crippen LogP) is 2.94. The van der Waals surface area contributed by atoms with E-state index in [1.807, 2.05) is 12.3 Å². The van der Waals surface area contributed by atoms with Crippen molar-refractivity contribution >= 4 is 29.2 Å². The average molecular weight is 257 g/mol. The van der Waals surface area contributed by atoms with E-state index < -0.39 is 0 Å². The van der Waals surface area contributed by atoms with Crippen LogP contribution in [-0.4, -0.2) is 22.8 Å². The third-order valence-corrected chi connectivity index (χ3v) is 2.78. The molecule has 0 bridgehead atoms. The maximum Gasteiger partial charge on any atom is 0.190 e. The number of unbranched alkanes of at least 4 members (excludes halogenated alkanes) is 1. The number of halogens is 1. The lowest BCUT2D eigenvalue weighted by Gasteiger charge is -2.08. The van der Waals surface area contributed by atoms with Gasteiger partial charge in [-0.25, -0.2) is 9.97 Å². The van der Waals surface area contributed by atoms with Crippen LogP contribution in [0.5, 0.6) is 0 Å². The molecule has 0 aliphatic heterocycles. The Morgan fingerprint density at radius 3 is 2.81 bits per heavy atom. The minimum atomic E-state index is 0.209. The molecule has 4 nitrogen and oxygen atoms in total. The Hall–Kier alpha value is -0.990. The zero-order valence-corrected chi connectivity index (χ0v) is 10.8. The summed E-state index contributed by atoms with van der Waals surface area (Å²) in [5.41, 5.74) is 0.315. The van der Waals surface area contributed by atoms with Crippen LogP contribution < -0.4 is 5.32 Å². The molecular formula is C10H13ClN4S. The monoisotopic (exact) mass is 256 g/mol. The van der Waals surface area contributed by atoms with E-state index in [0.29, 0.717) is 16.5 Å². The van der Waals surface area contributed by atoms with Crippen LogP contribution in [-0.2, 0) is 0 Å². The van der Waals surface area contributed by atoms with Crippen molar-refractivity contribution in [2.75, 3.05) is 18.1 Å². The van der Waals surface area contributed by atoms with Crippen LogP contribution in [0.1, 0.15) is 25.3 Å². The van der Waals surface area contributed by atoms with E-state index in [0.717, 1.165) is 19.4 Å². The first-order valence-electron chi connectivity index (χ1n) is 4.98. The molecule has 16 heavy (non-hydrogen) atoms. The summed E-state index contributed by atoms with van der Waals surface area (Å²) in [5, 5.41) is 12.8. The van der Waals surface area contributed by atoms with Gasteiger partial charge in [-0.2, -0.15) is 5.26 Å². The molecule has 0 radical (unpaired) electrons. The molecule has 1 rings (SSSR count). The van der Waals surface area contributed by atoms with Crippen molar-refractivity contribution in [1.82, 2.24) is 9.97 Å². The van der Waals surface area contributed by atoms with Crippen LogP contribution in [0.4, 0.5) is 5.82 Å². The molecular weight excluding hydrogens is 244 g/mol. The van der Waals surface area contributed by atoms with E-state index in [-0.39, 0.29) is 5.15 Å². The van der Waals surface area contributed by atoms with Gasteiger partial charge in [0.2, 0.25) is 0 Å². The third-order valence-electron chi connectivity index (χ3n) is 1.96. The Labute approximate surface area is 104 Å². The standard InChI is InChI=1S/C10H13ClN4S/c1-3-4-5-13-9-7(6-12)8(11)14-10(15-9)16-2/h3-5H2,1-2H3,(H,13,14,15). The maximum atomic E-state index is 8.96. The lowest BCUT2D eigenvalue weighted by molar-refractivity contribution is 0.825. The van der Waals surface area contributed by atoms with Gasteiger partial charge in [0.25, 0.3) is 0 Å². The molecule has 1 aromatic heterocycles. The predicted molar refractivity (Wildman–Crippen MR) is 66.9 cm³/mol. The number of nitriles is 1. The Morgan fingerprint density at radius 2 is 2.25 bits per heavy atom. The summed E-state index contributed by atoms with van der Waals surface area (Å²) in [6.07, 6.45) is 3.98. The molecule has 0 unspecified atom stereocenters. The van der Waals surface area contributed by atoms with Crippen molar-refractivity contribution < 1.29 is 0 Å². The molecule has 0 fully saturated rings. The lowest BCUT2D eigenvalue weighted by atomic mass is 10.3. The van der Waals surface area contributed by atoms with Crippen LogP contribution in [0.25, 0.3) is 0 Å². The molecule has 1 heterocycles. The molecule has 86 valence electrons. The average Bonchev–Trinajstić information content (AvgIpc) is 2.29. The molecule has 0 amide bonds. The van der Waals surface area contributed by atoms with Gasteiger partial charge in [-0.1, -0.05) is 36.7 Å². The van der Waals surface area contributed by atoms with Gasteiger partial charge >= 0.3 is 0 Å². The summed E-state index contributed by atoms with van der Waals surface area (Å²) in [6, 6.07) is 2.01. The van der Waals surface area contributed by atoms with Crippen molar-refractivity contribution in [2.24, 2.45) is 0 Å². The van der Waals surface area contributed by atoms with Gasteiger partial charge in [-0.05, 0) is 12.7 Å². The van der Waals surface area contributed by atoms with Gasteiger partial charge in [0.15, 0.2) is 10.3 Å². The van der Waals surface area contributed by atoms with Crippen molar-refractivity contribution in [1.29, 1.82) is 5.26 Å². The summed E-state index contributed by atoms with van der Waals surface area (Å²) in [5.74, 6) is 0.528. The van der Waals surface area contributed by atoms with Gasteiger partial charge in [-0.3, -0.25) is 0 Å². The highest BCUT2D eigenvalue weighted by molar-refractivity contribution is 7.98. The molecule has 0 atom stereocenters. The van der Waals surface area contributed by atoms with Crippen molar-refractivity contribution in [3.63, 3.8) is 0 Å². The van der Waals surface area contributed by atoms with E-state index in [2.05, 4.69) is 22.2 Å². The minimum absolute atomic E-state index is 0.209. The Morgan fingerprint density at radius 1 is 1.50 bits per heavy atom. The topological polar surface area (TPSA) is 61.6 Å². The van der Waals surface area contributed by atoms with Crippen molar-refractivity contribution in [2.45, 2.75) is 24.9 Å². The Kier molecular flexibility index (Phi) is 5.36. The number of thioether (sulfide) groups is 1.